The van der Waals surface area contributed by atoms with Gasteiger partial charge in [0, 0.05) is 64.4 Å². The van der Waals surface area contributed by atoms with Crippen molar-refractivity contribution < 1.29 is 52.8 Å². The molecule has 0 saturated carbocycles. The van der Waals surface area contributed by atoms with Crippen molar-refractivity contribution in [2.45, 2.75) is 126 Å². The second-order valence-corrected chi connectivity index (χ2v) is 19.2. The number of epoxide rings is 1. The molecule has 0 spiro atoms. The van der Waals surface area contributed by atoms with Gasteiger partial charge >= 0.3 is 11.9 Å². The van der Waals surface area contributed by atoms with E-state index in [4.69, 9.17) is 35.3 Å². The molecule has 59 heavy (non-hydrogen) atoms. The van der Waals surface area contributed by atoms with Crippen LogP contribution in [0.3, 0.4) is 0 Å². The van der Waals surface area contributed by atoms with E-state index in [9.17, 15) is 29.1 Å². The summed E-state index contributed by atoms with van der Waals surface area (Å²) in [7, 11) is 10.8. The Morgan fingerprint density at radius 2 is 1.90 bits per heavy atom. The number of anilines is 1. The number of allylic oxidation sites excluding steroid dienone is 3. The van der Waals surface area contributed by atoms with Gasteiger partial charge in [0.2, 0.25) is 17.7 Å². The van der Waals surface area contributed by atoms with E-state index in [1.807, 2.05) is 26.8 Å². The molecule has 2 saturated heterocycles. The smallest absolute Gasteiger partial charge is 0.328 e. The summed E-state index contributed by atoms with van der Waals surface area (Å²) in [5.74, 6) is -1.67. The lowest BCUT2D eigenvalue weighted by Crippen LogP contribution is -2.53. The number of ether oxygens (including phenoxy) is 5. The molecule has 3 amide bonds. The summed E-state index contributed by atoms with van der Waals surface area (Å²) in [5.41, 5.74) is -0.665. The number of nitrogens with zero attached hydrogens (tertiary/aromatic N) is 2. The van der Waals surface area contributed by atoms with Gasteiger partial charge in [0.15, 0.2) is 0 Å². The lowest BCUT2D eigenvalue weighted by Gasteiger charge is -2.41. The normalized spacial score (nSPS) is 29.8. The Hall–Kier alpha value is -3.28. The van der Waals surface area contributed by atoms with Crippen molar-refractivity contribution in [2.24, 2.45) is 5.92 Å². The van der Waals surface area contributed by atoms with Crippen molar-refractivity contribution in [1.82, 2.24) is 10.2 Å². The topological polar surface area (TPSA) is 174 Å². The van der Waals surface area contributed by atoms with Crippen LogP contribution in [0.5, 0.6) is 5.75 Å². The maximum Gasteiger partial charge on any atom is 0.328 e. The van der Waals surface area contributed by atoms with Crippen LogP contribution in [-0.4, -0.2) is 128 Å². The summed E-state index contributed by atoms with van der Waals surface area (Å²) in [6, 6.07) is 2.59. The number of hydrogen-bond acceptors (Lipinski definition) is 13. The minimum atomic E-state index is -1.59. The highest BCUT2D eigenvalue weighted by molar-refractivity contribution is 8.76. The van der Waals surface area contributed by atoms with Gasteiger partial charge in [-0.3, -0.25) is 19.2 Å². The number of hydrogen-bond donors (Lipinski definition) is 2. The third kappa shape index (κ3) is 12.2. The van der Waals surface area contributed by atoms with Crippen molar-refractivity contribution in [3.8, 4) is 5.75 Å². The van der Waals surface area contributed by atoms with E-state index >= 15 is 0 Å². The van der Waals surface area contributed by atoms with Crippen molar-refractivity contribution in [3.05, 3.63) is 46.5 Å². The maximum atomic E-state index is 14.2. The number of halogens is 1. The van der Waals surface area contributed by atoms with Crippen LogP contribution in [-0.2, 0) is 49.3 Å². The minimum absolute atomic E-state index is 0.0170. The largest absolute Gasteiger partial charge is 0.495 e. The number of rotatable bonds is 13. The summed E-state index contributed by atoms with van der Waals surface area (Å²) in [5, 5.41) is 14.9. The standard InChI is InChI=1S/C42H60ClN3O11S2/c1-24-12-11-13-32(54-10)42(52)22-31(55-37(50)23-42)26(3)39-41(5,57-39)33(21-36(49)46(8)29-19-28(18-24)20-30(53-9)38(29)43)56-40(51)27(4)45(7)35(48)16-17-58-59-25(2)14-15-34(47)44-6/h11-13,19-20,25-27,31-33,39,52H,14-18,21-23H2,1-10H3,(H,44,47)/b13-11+,24-12+/t25-,26-,27+,31+,32-,33+,39+,41+,42-/m0/s1. The molecule has 1 aromatic carbocycles. The number of fused-ring (bicyclic) bond motifs is 5. The molecule has 0 unspecified atom stereocenters. The van der Waals surface area contributed by atoms with Crippen LogP contribution in [0.2, 0.25) is 5.02 Å². The molecule has 17 heteroatoms. The van der Waals surface area contributed by atoms with Crippen LogP contribution in [0.15, 0.2) is 35.9 Å². The van der Waals surface area contributed by atoms with Crippen molar-refractivity contribution in [2.75, 3.05) is 46.0 Å². The average molecular weight is 883 g/mol. The molecule has 0 aliphatic carbocycles. The summed E-state index contributed by atoms with van der Waals surface area (Å²) in [4.78, 5) is 68.7. The lowest BCUT2D eigenvalue weighted by molar-refractivity contribution is -0.187. The van der Waals surface area contributed by atoms with Crippen LogP contribution < -0.4 is 15.0 Å². The fourth-order valence-corrected chi connectivity index (χ4v) is 10.1. The molecule has 14 nitrogen and oxygen atoms in total. The Labute approximate surface area is 360 Å². The lowest BCUT2D eigenvalue weighted by atomic mass is 9.78. The van der Waals surface area contributed by atoms with Crippen LogP contribution in [0.4, 0.5) is 5.69 Å². The highest BCUT2D eigenvalue weighted by atomic mass is 35.5. The molecule has 2 fully saturated rings. The number of nitrogens with one attached hydrogen (secondary N) is 1. The number of likely N-dealkylation sites (N-methyl/N-ethyl adjacent to an activating group) is 1. The Balaban J connectivity index is 1.61. The van der Waals surface area contributed by atoms with Crippen molar-refractivity contribution in [1.29, 1.82) is 0 Å². The zero-order valence-corrected chi connectivity index (χ0v) is 38.1. The molecule has 3 aliphatic heterocycles. The quantitative estimate of drug-likeness (QED) is 0.111. The first kappa shape index (κ1) is 48.4. The monoisotopic (exact) mass is 881 g/mol. The van der Waals surface area contributed by atoms with E-state index in [-0.39, 0.29) is 47.8 Å². The van der Waals surface area contributed by atoms with Crippen LogP contribution in [0.25, 0.3) is 0 Å². The van der Waals surface area contributed by atoms with E-state index in [1.54, 1.807) is 63.0 Å². The van der Waals surface area contributed by atoms with Crippen LogP contribution in [0.1, 0.15) is 78.7 Å². The number of esters is 2. The highest BCUT2D eigenvalue weighted by Gasteiger charge is 2.64. The van der Waals surface area contributed by atoms with E-state index in [0.717, 1.165) is 11.1 Å². The Morgan fingerprint density at radius 3 is 2.56 bits per heavy atom. The third-order valence-corrected chi connectivity index (χ3v) is 14.8. The van der Waals surface area contributed by atoms with E-state index in [0.29, 0.717) is 36.5 Å². The van der Waals surface area contributed by atoms with Gasteiger partial charge in [-0.2, -0.15) is 0 Å². The molecule has 4 rings (SSSR count). The number of carbonyl (C=O) groups is 5. The van der Waals surface area contributed by atoms with Gasteiger partial charge in [-0.15, -0.1) is 0 Å². The summed E-state index contributed by atoms with van der Waals surface area (Å²) in [6.45, 7) is 9.08. The first-order valence-electron chi connectivity index (χ1n) is 19.8. The SMILES string of the molecule is CNC(=O)CC[C@H](C)SSCCC(=O)N(C)[C@H](C)C(=O)O[C@@H]1CC(=O)N(C)c2cc(cc(OC)c2Cl)C/C(C)=C/C=C/[C@H](OC)[C@@]2(O)CC(=O)O[C@H](C2)[C@H](C)[C@H]2O[C@@]21C. The molecule has 2 N–H and O–H groups in total. The fraction of sp³-hybridized carbons (Fsp3) is 0.643. The number of carbonyl (C=O) groups excluding carboxylic acids is 5. The second kappa shape index (κ2) is 21.0. The summed E-state index contributed by atoms with van der Waals surface area (Å²) in [6.07, 6.45) is 3.17. The molecular formula is C42H60ClN3O11S2. The highest BCUT2D eigenvalue weighted by Crippen LogP contribution is 2.50. The number of aliphatic hydroxyl groups is 1. The number of methoxy groups -OCH3 is 2. The molecular weight excluding hydrogens is 822 g/mol. The zero-order chi connectivity index (χ0) is 43.8. The fourth-order valence-electron chi connectivity index (χ4n) is 7.45. The Kier molecular flexibility index (Phi) is 17.2. The molecule has 328 valence electrons. The van der Waals surface area contributed by atoms with E-state index in [2.05, 4.69) is 5.32 Å². The molecule has 1 aromatic rings. The Morgan fingerprint density at radius 1 is 1.19 bits per heavy atom. The average Bonchev–Trinajstić information content (AvgIpc) is 3.90. The zero-order valence-electron chi connectivity index (χ0n) is 35.7. The van der Waals surface area contributed by atoms with Gasteiger partial charge in [0.25, 0.3) is 0 Å². The molecule has 9 atom stereocenters. The first-order valence-corrected chi connectivity index (χ1v) is 22.6. The predicted molar refractivity (Wildman–Crippen MR) is 229 cm³/mol. The van der Waals surface area contributed by atoms with Crippen LogP contribution in [0, 0.1) is 5.92 Å². The van der Waals surface area contributed by atoms with E-state index in [1.165, 1.54) is 41.9 Å². The van der Waals surface area contributed by atoms with Gasteiger partial charge in [0.1, 0.15) is 46.3 Å². The molecule has 3 aliphatic rings. The van der Waals surface area contributed by atoms with Crippen LogP contribution >= 0.6 is 33.2 Å². The van der Waals surface area contributed by atoms with Gasteiger partial charge in [-0.1, -0.05) is 70.8 Å². The third-order valence-electron chi connectivity index (χ3n) is 11.5. The molecule has 0 radical (unpaired) electrons. The molecule has 4 bridgehead atoms. The molecule has 0 aromatic heterocycles. The number of benzene rings is 1. The Bertz CT molecular complexity index is 1780. The summed E-state index contributed by atoms with van der Waals surface area (Å²) >= 11 is 6.79. The van der Waals surface area contributed by atoms with Crippen molar-refractivity contribution in [3.63, 3.8) is 0 Å². The first-order chi connectivity index (χ1) is 27.8. The second-order valence-electron chi connectivity index (χ2n) is 15.9. The maximum absolute atomic E-state index is 14.2. The van der Waals surface area contributed by atoms with Crippen molar-refractivity contribution >= 4 is 68.5 Å². The van der Waals surface area contributed by atoms with E-state index < -0.39 is 65.4 Å². The molecule has 3 heterocycles. The van der Waals surface area contributed by atoms with Gasteiger partial charge in [-0.25, -0.2) is 4.79 Å². The summed E-state index contributed by atoms with van der Waals surface area (Å²) < 4.78 is 29.5. The van der Waals surface area contributed by atoms with Gasteiger partial charge < -0.3 is 43.9 Å². The van der Waals surface area contributed by atoms with Gasteiger partial charge in [-0.05, 0) is 51.3 Å². The predicted octanol–water partition coefficient (Wildman–Crippen LogP) is 5.45. The minimum Gasteiger partial charge on any atom is -0.495 e. The number of amides is 3. The van der Waals surface area contributed by atoms with Gasteiger partial charge in [0.05, 0.1) is 31.7 Å².